The highest BCUT2D eigenvalue weighted by atomic mass is 32.5. The van der Waals surface area contributed by atoms with Gasteiger partial charge in [-0.3, -0.25) is 9.13 Å². The number of hydrogen-bond acceptors (Lipinski definition) is 16. The number of nitrogens with two attached hydrogens (primary N) is 2. The second-order valence-electron chi connectivity index (χ2n) is 8.78. The molecule has 20 heteroatoms. The number of fused-ring (bicyclic) bond motifs is 1. The number of anilines is 2. The van der Waals surface area contributed by atoms with Crippen LogP contribution in [0.1, 0.15) is 12.5 Å². The number of aliphatic hydroxyl groups is 4. The van der Waals surface area contributed by atoms with Crippen molar-refractivity contribution in [3.8, 4) is 0 Å². The molecule has 3 aromatic rings. The number of ether oxygens (including phenoxy) is 2. The van der Waals surface area contributed by atoms with Gasteiger partial charge in [-0.25, -0.2) is 19.7 Å². The fourth-order valence-corrected chi connectivity index (χ4v) is 5.35. The van der Waals surface area contributed by atoms with E-state index in [4.69, 9.17) is 41.8 Å². The lowest BCUT2D eigenvalue weighted by atomic mass is 10.1. The molecule has 0 saturated carbocycles. The summed E-state index contributed by atoms with van der Waals surface area (Å²) in [5.41, 5.74) is 11.0. The van der Waals surface area contributed by atoms with Crippen molar-refractivity contribution in [1.29, 1.82) is 0 Å². The third-order valence-electron chi connectivity index (χ3n) is 6.27. The standard InChI is InChI=1S/C19H25N8O10PS/c20-9-1-2-26(19(32)25-9)17-13(30)11(28)7(36-17)3-34-38(33,39)35-4-8-12(29)14(31)18(37-8)27-6-24-10-15(21)22-5-23-16(10)27/h1-2,5-8,11-14,17-18,28-31H,3-4H2,(H,33,39)(H2,20,25,32)(H2,21,22,23)/t7-,8-,11-,12-,13-,14-,17-,18-,38?/m1/s1. The van der Waals surface area contributed by atoms with Crippen LogP contribution in [0.3, 0.4) is 0 Å². The molecule has 39 heavy (non-hydrogen) atoms. The Hall–Kier alpha value is -2.68. The first-order valence-electron chi connectivity index (χ1n) is 11.4. The molecule has 2 fully saturated rings. The second kappa shape index (κ2) is 10.7. The molecule has 1 unspecified atom stereocenters. The number of imidazole rings is 1. The van der Waals surface area contributed by atoms with E-state index in [0.717, 1.165) is 4.57 Å². The molecule has 0 aromatic carbocycles. The molecule has 0 spiro atoms. The first-order valence-corrected chi connectivity index (χ1v) is 14.0. The number of rotatable bonds is 8. The molecule has 0 bridgehead atoms. The summed E-state index contributed by atoms with van der Waals surface area (Å²) in [5, 5.41) is 41.7. The van der Waals surface area contributed by atoms with Crippen LogP contribution in [0.15, 0.2) is 29.7 Å². The first-order chi connectivity index (χ1) is 18.5. The molecular formula is C19H25N8O10PS. The van der Waals surface area contributed by atoms with Crippen LogP contribution >= 0.6 is 6.72 Å². The molecule has 0 aliphatic carbocycles. The van der Waals surface area contributed by atoms with Crippen LogP contribution in [-0.2, 0) is 30.3 Å². The van der Waals surface area contributed by atoms with E-state index in [-0.39, 0.29) is 22.8 Å². The largest absolute Gasteiger partial charge is 0.387 e. The van der Waals surface area contributed by atoms with Gasteiger partial charge in [0.1, 0.15) is 54.3 Å². The Kier molecular flexibility index (Phi) is 7.65. The average Bonchev–Trinajstić information content (AvgIpc) is 3.53. The smallest absolute Gasteiger partial charge is 0.351 e. The molecule has 0 radical (unpaired) electrons. The fourth-order valence-electron chi connectivity index (χ4n) is 4.24. The van der Waals surface area contributed by atoms with E-state index in [0.29, 0.717) is 0 Å². The van der Waals surface area contributed by atoms with E-state index < -0.39 is 74.7 Å². The maximum Gasteiger partial charge on any atom is 0.351 e. The van der Waals surface area contributed by atoms with E-state index in [1.165, 1.54) is 29.5 Å². The van der Waals surface area contributed by atoms with Gasteiger partial charge in [-0.1, -0.05) is 0 Å². The highest BCUT2D eigenvalue weighted by Gasteiger charge is 2.46. The molecule has 2 aliphatic rings. The van der Waals surface area contributed by atoms with E-state index in [1.807, 2.05) is 0 Å². The highest BCUT2D eigenvalue weighted by Crippen LogP contribution is 2.46. The quantitative estimate of drug-likeness (QED) is 0.127. The number of aliphatic hydroxyl groups excluding tert-OH is 4. The third kappa shape index (κ3) is 5.39. The Balaban J connectivity index is 1.18. The maximum absolute atomic E-state index is 12.1. The maximum atomic E-state index is 12.1. The lowest BCUT2D eigenvalue weighted by Crippen LogP contribution is -2.36. The van der Waals surface area contributed by atoms with Crippen molar-refractivity contribution in [3.63, 3.8) is 0 Å². The van der Waals surface area contributed by atoms with Gasteiger partial charge >= 0.3 is 12.4 Å². The minimum Gasteiger partial charge on any atom is -0.387 e. The van der Waals surface area contributed by atoms with Gasteiger partial charge in [-0.2, -0.15) is 4.98 Å². The minimum atomic E-state index is -3.99. The van der Waals surface area contributed by atoms with Gasteiger partial charge < -0.3 is 55.3 Å². The van der Waals surface area contributed by atoms with Crippen molar-refractivity contribution in [2.45, 2.75) is 49.1 Å². The summed E-state index contributed by atoms with van der Waals surface area (Å²) in [4.78, 5) is 38.1. The predicted molar refractivity (Wildman–Crippen MR) is 133 cm³/mol. The summed E-state index contributed by atoms with van der Waals surface area (Å²) >= 11 is 4.99. The summed E-state index contributed by atoms with van der Waals surface area (Å²) in [5.74, 6) is 0.0895. The molecule has 9 N–H and O–H groups in total. The summed E-state index contributed by atoms with van der Waals surface area (Å²) in [7, 11) is 0. The predicted octanol–water partition coefficient (Wildman–Crippen LogP) is -3.26. The molecule has 5 rings (SSSR count). The van der Waals surface area contributed by atoms with Crippen LogP contribution in [0, 0.1) is 0 Å². The summed E-state index contributed by atoms with van der Waals surface area (Å²) < 4.78 is 24.1. The zero-order valence-electron chi connectivity index (χ0n) is 19.8. The Labute approximate surface area is 223 Å². The van der Waals surface area contributed by atoms with Crippen LogP contribution in [0.5, 0.6) is 0 Å². The van der Waals surface area contributed by atoms with E-state index >= 15 is 0 Å². The van der Waals surface area contributed by atoms with Crippen molar-refractivity contribution in [2.75, 3.05) is 24.7 Å². The van der Waals surface area contributed by atoms with Gasteiger partial charge in [0.2, 0.25) is 0 Å². The van der Waals surface area contributed by atoms with Crippen LogP contribution in [-0.4, -0.2) is 104 Å². The Bertz CT molecular complexity index is 1460. The number of nitrogen functional groups attached to an aromatic ring is 2. The average molecular weight is 588 g/mol. The van der Waals surface area contributed by atoms with Crippen molar-refractivity contribution >= 4 is 41.3 Å². The lowest BCUT2D eigenvalue weighted by Gasteiger charge is -2.22. The molecule has 212 valence electrons. The highest BCUT2D eigenvalue weighted by molar-refractivity contribution is 8.07. The van der Waals surface area contributed by atoms with E-state index in [9.17, 15) is 30.1 Å². The van der Waals surface area contributed by atoms with E-state index in [1.54, 1.807) is 0 Å². The number of hydrogen-bond donors (Lipinski definition) is 7. The number of nitrogens with zero attached hydrogens (tertiary/aromatic N) is 6. The molecule has 18 nitrogen and oxygen atoms in total. The van der Waals surface area contributed by atoms with Crippen LogP contribution < -0.4 is 17.2 Å². The number of aromatic nitrogens is 6. The normalized spacial score (nSPS) is 32.5. The minimum absolute atomic E-state index is 0.0328. The van der Waals surface area contributed by atoms with Crippen molar-refractivity contribution in [1.82, 2.24) is 29.1 Å². The molecule has 5 heterocycles. The molecule has 9 atom stereocenters. The van der Waals surface area contributed by atoms with Gasteiger partial charge in [0.05, 0.1) is 19.5 Å². The first kappa shape index (κ1) is 27.9. The third-order valence-corrected chi connectivity index (χ3v) is 7.85. The van der Waals surface area contributed by atoms with E-state index in [2.05, 4.69) is 19.9 Å². The summed E-state index contributed by atoms with van der Waals surface area (Å²) in [6.07, 6.45) is -6.86. The lowest BCUT2D eigenvalue weighted by molar-refractivity contribution is -0.0591. The second-order valence-corrected chi connectivity index (χ2v) is 11.6. The van der Waals surface area contributed by atoms with Gasteiger partial charge in [0.25, 0.3) is 0 Å². The topological polar surface area (TPSA) is 269 Å². The molecule has 3 aromatic heterocycles. The van der Waals surface area contributed by atoms with Gasteiger partial charge in [0.15, 0.2) is 23.9 Å². The zero-order valence-corrected chi connectivity index (χ0v) is 21.5. The molecular weight excluding hydrogens is 563 g/mol. The SMILES string of the molecule is Nc1ccn([C@@H]2O[C@H](COP(O)(=S)OC[C@H]3O[C@@H](n4cnc5c(N)ncnc54)[C@H](O)[C@@H]3O)[C@@H](O)[C@H]2O)c(=O)n1. The summed E-state index contributed by atoms with van der Waals surface area (Å²) in [6.45, 7) is -4.98. The monoisotopic (exact) mass is 588 g/mol. The van der Waals surface area contributed by atoms with Crippen LogP contribution in [0.2, 0.25) is 0 Å². The van der Waals surface area contributed by atoms with Crippen LogP contribution in [0.4, 0.5) is 11.6 Å². The summed E-state index contributed by atoms with van der Waals surface area (Å²) in [6, 6.07) is 1.31. The van der Waals surface area contributed by atoms with Gasteiger partial charge in [-0.05, 0) is 17.9 Å². The zero-order chi connectivity index (χ0) is 28.1. The molecule has 2 aliphatic heterocycles. The fraction of sp³-hybridized carbons (Fsp3) is 0.526. The Morgan fingerprint density at radius 1 is 0.949 bits per heavy atom. The van der Waals surface area contributed by atoms with Crippen molar-refractivity contribution < 1.29 is 43.8 Å². The van der Waals surface area contributed by atoms with Crippen molar-refractivity contribution in [3.05, 3.63) is 35.4 Å². The Morgan fingerprint density at radius 3 is 2.13 bits per heavy atom. The molecule has 2 saturated heterocycles. The Morgan fingerprint density at radius 2 is 1.54 bits per heavy atom. The van der Waals surface area contributed by atoms with Crippen molar-refractivity contribution in [2.24, 2.45) is 0 Å². The van der Waals surface area contributed by atoms with Gasteiger partial charge in [-0.15, -0.1) is 0 Å². The molecule has 0 amide bonds. The van der Waals surface area contributed by atoms with Crippen LogP contribution in [0.25, 0.3) is 11.2 Å². The van der Waals surface area contributed by atoms with Gasteiger partial charge in [0, 0.05) is 6.20 Å².